The van der Waals surface area contributed by atoms with Crippen molar-refractivity contribution in [1.29, 1.82) is 0 Å². The average molecular weight is 414 g/mol. The zero-order valence-electron chi connectivity index (χ0n) is 15.4. The number of carbonyl (C=O) groups excluding carboxylic acids is 1. The van der Waals surface area contributed by atoms with Crippen molar-refractivity contribution < 1.29 is 26.4 Å². The van der Waals surface area contributed by atoms with Crippen LogP contribution in [0.3, 0.4) is 0 Å². The number of carbonyl (C=O) groups is 1. The first-order valence-corrected chi connectivity index (χ1v) is 10.2. The number of sulfonamides is 1. The van der Waals surface area contributed by atoms with E-state index < -0.39 is 33.6 Å². The third-order valence-electron chi connectivity index (χ3n) is 3.98. The summed E-state index contributed by atoms with van der Waals surface area (Å²) in [5, 5.41) is 2.69. The molecule has 0 heterocycles. The normalized spacial score (nSPS) is 13.2. The van der Waals surface area contributed by atoms with Crippen LogP contribution in [0.25, 0.3) is 0 Å². The molecule has 0 saturated carbocycles. The molecule has 5 nitrogen and oxygen atoms in total. The van der Waals surface area contributed by atoms with Crippen LogP contribution in [-0.2, 0) is 26.7 Å². The summed E-state index contributed by atoms with van der Waals surface area (Å²) < 4.78 is 65.5. The number of benzene rings is 2. The van der Waals surface area contributed by atoms with Crippen LogP contribution in [0.2, 0.25) is 0 Å². The van der Waals surface area contributed by atoms with Crippen LogP contribution in [0.1, 0.15) is 43.0 Å². The van der Waals surface area contributed by atoms with Gasteiger partial charge in [0.25, 0.3) is 0 Å². The first-order valence-electron chi connectivity index (χ1n) is 8.56. The van der Waals surface area contributed by atoms with E-state index in [0.717, 1.165) is 12.1 Å². The van der Waals surface area contributed by atoms with E-state index in [0.29, 0.717) is 17.7 Å². The highest BCUT2D eigenvalue weighted by atomic mass is 32.2. The number of rotatable bonds is 7. The number of alkyl halides is 3. The fourth-order valence-corrected chi connectivity index (χ4v) is 3.92. The van der Waals surface area contributed by atoms with Crippen LogP contribution in [0.4, 0.5) is 18.9 Å². The SMILES string of the molecule is CCC(=O)Nc1ccc(C(C)NS(=O)(=O)Cc2cccc(C(F)(F)F)c2)cc1. The molecule has 0 fully saturated rings. The zero-order chi connectivity index (χ0) is 20.9. The van der Waals surface area contributed by atoms with Crippen molar-refractivity contribution in [2.45, 2.75) is 38.2 Å². The molecular formula is C19H21F3N2O3S. The summed E-state index contributed by atoms with van der Waals surface area (Å²) in [7, 11) is -3.86. The van der Waals surface area contributed by atoms with E-state index in [4.69, 9.17) is 0 Å². The van der Waals surface area contributed by atoms with Gasteiger partial charge in [-0.15, -0.1) is 0 Å². The molecule has 9 heteroatoms. The predicted molar refractivity (Wildman–Crippen MR) is 101 cm³/mol. The van der Waals surface area contributed by atoms with Gasteiger partial charge in [-0.25, -0.2) is 13.1 Å². The molecule has 1 amide bonds. The van der Waals surface area contributed by atoms with Crippen molar-refractivity contribution in [3.05, 3.63) is 65.2 Å². The Morgan fingerprint density at radius 2 is 1.75 bits per heavy atom. The Labute approximate surface area is 162 Å². The zero-order valence-corrected chi connectivity index (χ0v) is 16.2. The average Bonchev–Trinajstić information content (AvgIpc) is 2.60. The van der Waals surface area contributed by atoms with E-state index in [1.54, 1.807) is 38.1 Å². The van der Waals surface area contributed by atoms with Crippen molar-refractivity contribution in [2.75, 3.05) is 5.32 Å². The maximum atomic E-state index is 12.8. The summed E-state index contributed by atoms with van der Waals surface area (Å²) in [5.74, 6) is -0.700. The maximum Gasteiger partial charge on any atom is 0.416 e. The van der Waals surface area contributed by atoms with Crippen molar-refractivity contribution in [1.82, 2.24) is 4.72 Å². The number of anilines is 1. The highest BCUT2D eigenvalue weighted by Crippen LogP contribution is 2.30. The summed E-state index contributed by atoms with van der Waals surface area (Å²) >= 11 is 0. The molecule has 0 aliphatic rings. The van der Waals surface area contributed by atoms with Gasteiger partial charge in [-0.1, -0.05) is 37.3 Å². The van der Waals surface area contributed by atoms with Crippen LogP contribution in [0.5, 0.6) is 0 Å². The van der Waals surface area contributed by atoms with Gasteiger partial charge in [-0.2, -0.15) is 13.2 Å². The first kappa shape index (κ1) is 21.9. The highest BCUT2D eigenvalue weighted by molar-refractivity contribution is 7.88. The van der Waals surface area contributed by atoms with E-state index in [2.05, 4.69) is 10.0 Å². The smallest absolute Gasteiger partial charge is 0.326 e. The van der Waals surface area contributed by atoms with Crippen LogP contribution in [0, 0.1) is 0 Å². The standard InChI is InChI=1S/C19H21F3N2O3S/c1-3-18(25)23-17-9-7-15(8-10-17)13(2)24-28(26,27)12-14-5-4-6-16(11-14)19(20,21)22/h4-11,13,24H,3,12H2,1-2H3,(H,23,25). The Balaban J connectivity index is 2.06. The molecule has 0 saturated heterocycles. The third kappa shape index (κ3) is 6.35. The predicted octanol–water partition coefficient (Wildman–Crippen LogP) is 4.23. The van der Waals surface area contributed by atoms with Gasteiger partial charge < -0.3 is 5.32 Å². The first-order chi connectivity index (χ1) is 13.0. The van der Waals surface area contributed by atoms with E-state index in [-0.39, 0.29) is 11.5 Å². The van der Waals surface area contributed by atoms with E-state index in [1.165, 1.54) is 12.1 Å². The largest absolute Gasteiger partial charge is 0.416 e. The lowest BCUT2D eigenvalue weighted by molar-refractivity contribution is -0.137. The van der Waals surface area contributed by atoms with Crippen LogP contribution in [-0.4, -0.2) is 14.3 Å². The molecule has 1 atom stereocenters. The summed E-state index contributed by atoms with van der Waals surface area (Å²) in [6, 6.07) is 10.3. The van der Waals surface area contributed by atoms with Gasteiger partial charge in [0.2, 0.25) is 15.9 Å². The minimum atomic E-state index is -4.53. The van der Waals surface area contributed by atoms with E-state index >= 15 is 0 Å². The van der Waals surface area contributed by atoms with Gasteiger partial charge in [-0.3, -0.25) is 4.79 Å². The van der Waals surface area contributed by atoms with Gasteiger partial charge in [0.15, 0.2) is 0 Å². The van der Waals surface area contributed by atoms with Crippen LogP contribution < -0.4 is 10.0 Å². The molecule has 0 aliphatic heterocycles. The van der Waals surface area contributed by atoms with Gasteiger partial charge in [-0.05, 0) is 36.2 Å². The molecule has 0 aliphatic carbocycles. The monoisotopic (exact) mass is 414 g/mol. The minimum absolute atomic E-state index is 0.0483. The summed E-state index contributed by atoms with van der Waals surface area (Å²) in [6.45, 7) is 3.36. The molecule has 0 bridgehead atoms. The van der Waals surface area contributed by atoms with Gasteiger partial charge in [0.1, 0.15) is 0 Å². The number of nitrogens with one attached hydrogen (secondary N) is 2. The molecule has 0 radical (unpaired) electrons. The lowest BCUT2D eigenvalue weighted by Gasteiger charge is -2.16. The fraction of sp³-hybridized carbons (Fsp3) is 0.316. The van der Waals surface area contributed by atoms with Crippen molar-refractivity contribution >= 4 is 21.6 Å². The quantitative estimate of drug-likeness (QED) is 0.712. The van der Waals surface area contributed by atoms with Crippen molar-refractivity contribution in [3.63, 3.8) is 0 Å². The molecule has 1 unspecified atom stereocenters. The second-order valence-electron chi connectivity index (χ2n) is 6.32. The van der Waals surface area contributed by atoms with Crippen LogP contribution in [0.15, 0.2) is 48.5 Å². The Morgan fingerprint density at radius 3 is 2.32 bits per heavy atom. The molecule has 2 rings (SSSR count). The number of halogens is 3. The molecule has 2 aromatic rings. The second-order valence-corrected chi connectivity index (χ2v) is 8.07. The Hall–Kier alpha value is -2.39. The van der Waals surface area contributed by atoms with Crippen LogP contribution >= 0.6 is 0 Å². The van der Waals surface area contributed by atoms with Crippen molar-refractivity contribution in [3.8, 4) is 0 Å². The molecule has 0 aromatic heterocycles. The third-order valence-corrected chi connectivity index (χ3v) is 5.41. The molecule has 28 heavy (non-hydrogen) atoms. The van der Waals surface area contributed by atoms with E-state index in [9.17, 15) is 26.4 Å². The molecule has 2 N–H and O–H groups in total. The van der Waals surface area contributed by atoms with Gasteiger partial charge in [0, 0.05) is 18.2 Å². The summed E-state index contributed by atoms with van der Waals surface area (Å²) in [5.41, 5.74) is 0.404. The Kier molecular flexibility index (Phi) is 6.84. The highest BCUT2D eigenvalue weighted by Gasteiger charge is 2.30. The summed E-state index contributed by atoms with van der Waals surface area (Å²) in [6.07, 6.45) is -4.19. The molecule has 152 valence electrons. The molecule has 2 aromatic carbocycles. The maximum absolute atomic E-state index is 12.8. The van der Waals surface area contributed by atoms with E-state index in [1.807, 2.05) is 0 Å². The number of hydrogen-bond donors (Lipinski definition) is 2. The lowest BCUT2D eigenvalue weighted by atomic mass is 10.1. The summed E-state index contributed by atoms with van der Waals surface area (Å²) in [4.78, 5) is 11.4. The van der Waals surface area contributed by atoms with Gasteiger partial charge in [0.05, 0.1) is 11.3 Å². The Morgan fingerprint density at radius 1 is 1.11 bits per heavy atom. The van der Waals surface area contributed by atoms with Gasteiger partial charge >= 0.3 is 6.18 Å². The minimum Gasteiger partial charge on any atom is -0.326 e. The number of hydrogen-bond acceptors (Lipinski definition) is 3. The topological polar surface area (TPSA) is 75.3 Å². The van der Waals surface area contributed by atoms with Crippen molar-refractivity contribution in [2.24, 2.45) is 0 Å². The molecule has 0 spiro atoms. The second kappa shape index (κ2) is 8.74. The lowest BCUT2D eigenvalue weighted by Crippen LogP contribution is -2.28. The molecular weight excluding hydrogens is 393 g/mol. The number of amides is 1. The Bertz CT molecular complexity index is 926. The fourth-order valence-electron chi connectivity index (χ4n) is 2.54.